The summed E-state index contributed by atoms with van der Waals surface area (Å²) >= 11 is 6.14. The highest BCUT2D eigenvalue weighted by molar-refractivity contribution is 14.0. The predicted molar refractivity (Wildman–Crippen MR) is 120 cm³/mol. The third-order valence-electron chi connectivity index (χ3n) is 5.52. The van der Waals surface area contributed by atoms with Crippen LogP contribution < -0.4 is 5.32 Å². The molecule has 2 fully saturated rings. The molecule has 0 aromatic heterocycles. The van der Waals surface area contributed by atoms with Gasteiger partial charge < -0.3 is 10.2 Å². The average molecular weight is 487 g/mol. The van der Waals surface area contributed by atoms with Gasteiger partial charge in [0.2, 0.25) is 0 Å². The highest BCUT2D eigenvalue weighted by Gasteiger charge is 2.40. The summed E-state index contributed by atoms with van der Waals surface area (Å²) in [5, 5.41) is 4.54. The highest BCUT2D eigenvalue weighted by Crippen LogP contribution is 2.41. The lowest BCUT2D eigenvalue weighted by atomic mass is 10.1. The van der Waals surface area contributed by atoms with Gasteiger partial charge in [-0.3, -0.25) is 9.89 Å². The van der Waals surface area contributed by atoms with Crippen LogP contribution in [0.15, 0.2) is 41.4 Å². The minimum absolute atomic E-state index is 0. The quantitative estimate of drug-likeness (QED) is 0.305. The Balaban J connectivity index is 0.00000196. The number of rotatable bonds is 4. The number of hydrogen-bond acceptors (Lipinski definition) is 2. The average Bonchev–Trinajstić information content (AvgIpc) is 3.03. The first kappa shape index (κ1) is 20.0. The van der Waals surface area contributed by atoms with E-state index < -0.39 is 0 Å². The molecular formula is C20H28ClIN4. The van der Waals surface area contributed by atoms with E-state index in [4.69, 9.17) is 16.6 Å². The van der Waals surface area contributed by atoms with Crippen LogP contribution in [0.3, 0.4) is 0 Å². The largest absolute Gasteiger partial charge is 0.353 e. The zero-order chi connectivity index (χ0) is 17.2. The molecular weight excluding hydrogens is 459 g/mol. The minimum Gasteiger partial charge on any atom is -0.353 e. The molecule has 1 aromatic carbocycles. The van der Waals surface area contributed by atoms with Crippen LogP contribution in [-0.2, 0) is 0 Å². The molecule has 0 bridgehead atoms. The summed E-state index contributed by atoms with van der Waals surface area (Å²) in [4.78, 5) is 9.77. The summed E-state index contributed by atoms with van der Waals surface area (Å²) in [6.07, 6.45) is 6.95. The van der Waals surface area contributed by atoms with Crippen LogP contribution in [0.25, 0.3) is 0 Å². The van der Waals surface area contributed by atoms with Crippen LogP contribution >= 0.6 is 35.6 Å². The van der Waals surface area contributed by atoms with Crippen LogP contribution in [-0.4, -0.2) is 60.6 Å². The smallest absolute Gasteiger partial charge is 0.194 e. The molecule has 142 valence electrons. The first-order valence-electron chi connectivity index (χ1n) is 9.45. The van der Waals surface area contributed by atoms with Gasteiger partial charge in [0.1, 0.15) is 0 Å². The molecule has 3 unspecified atom stereocenters. The van der Waals surface area contributed by atoms with E-state index in [0.29, 0.717) is 18.0 Å². The molecule has 3 aliphatic rings. The van der Waals surface area contributed by atoms with E-state index in [9.17, 15) is 0 Å². The number of hydrogen-bond donors (Lipinski definition) is 1. The second kappa shape index (κ2) is 8.93. The second-order valence-electron chi connectivity index (χ2n) is 7.26. The molecule has 2 aliphatic heterocycles. The Morgan fingerprint density at radius 3 is 2.85 bits per heavy atom. The molecule has 1 aliphatic carbocycles. The standard InChI is InChI=1S/C20H27ClN4.HI/c1-2-22-20(25-11-8-17(14-25)24-9-3-4-10-24)23-19-13-18(19)15-6-5-7-16(21)12-15;/h3-7,12,17-19H,2,8-11,13-14H2,1H3,(H,22,23);1H. The van der Waals surface area contributed by atoms with Crippen molar-refractivity contribution in [3.05, 3.63) is 47.0 Å². The lowest BCUT2D eigenvalue weighted by molar-refractivity contribution is 0.259. The second-order valence-corrected chi connectivity index (χ2v) is 7.70. The van der Waals surface area contributed by atoms with Crippen molar-refractivity contribution in [2.45, 2.75) is 37.8 Å². The molecule has 1 saturated carbocycles. The number of likely N-dealkylation sites (tertiary alicyclic amines) is 1. The Hall–Kier alpha value is -0.790. The maximum atomic E-state index is 6.14. The van der Waals surface area contributed by atoms with Gasteiger partial charge in [0.15, 0.2) is 5.96 Å². The molecule has 0 radical (unpaired) electrons. The molecule has 1 N–H and O–H groups in total. The maximum Gasteiger partial charge on any atom is 0.194 e. The number of halogens is 2. The lowest BCUT2D eigenvalue weighted by Crippen LogP contribution is -2.44. The topological polar surface area (TPSA) is 30.9 Å². The molecule has 6 heteroatoms. The summed E-state index contributed by atoms with van der Waals surface area (Å²) in [7, 11) is 0. The lowest BCUT2D eigenvalue weighted by Gasteiger charge is -2.25. The van der Waals surface area contributed by atoms with E-state index in [-0.39, 0.29) is 24.0 Å². The third-order valence-corrected chi connectivity index (χ3v) is 5.75. The maximum absolute atomic E-state index is 6.14. The fourth-order valence-corrected chi connectivity index (χ4v) is 4.24. The fraction of sp³-hybridized carbons (Fsp3) is 0.550. The van der Waals surface area contributed by atoms with Crippen LogP contribution in [0.1, 0.15) is 31.2 Å². The molecule has 0 amide bonds. The number of benzene rings is 1. The van der Waals surface area contributed by atoms with E-state index in [1.165, 1.54) is 12.0 Å². The van der Waals surface area contributed by atoms with Crippen molar-refractivity contribution >= 4 is 41.5 Å². The van der Waals surface area contributed by atoms with Gasteiger partial charge in [-0.2, -0.15) is 0 Å². The van der Waals surface area contributed by atoms with Crippen LogP contribution in [0.4, 0.5) is 0 Å². The number of nitrogens with zero attached hydrogens (tertiary/aromatic N) is 3. The van der Waals surface area contributed by atoms with Gasteiger partial charge in [0, 0.05) is 55.7 Å². The monoisotopic (exact) mass is 486 g/mol. The Morgan fingerprint density at radius 1 is 1.31 bits per heavy atom. The molecule has 3 atom stereocenters. The van der Waals surface area contributed by atoms with Gasteiger partial charge in [0.25, 0.3) is 0 Å². The van der Waals surface area contributed by atoms with E-state index in [0.717, 1.165) is 50.1 Å². The van der Waals surface area contributed by atoms with Crippen molar-refractivity contribution in [2.75, 3.05) is 32.7 Å². The van der Waals surface area contributed by atoms with E-state index in [1.807, 2.05) is 12.1 Å². The number of nitrogens with one attached hydrogen (secondary N) is 1. The molecule has 1 saturated heterocycles. The van der Waals surface area contributed by atoms with Gasteiger partial charge in [-0.05, 0) is 37.5 Å². The van der Waals surface area contributed by atoms with E-state index in [1.54, 1.807) is 0 Å². The van der Waals surface area contributed by atoms with Gasteiger partial charge in [0.05, 0.1) is 0 Å². The van der Waals surface area contributed by atoms with Gasteiger partial charge >= 0.3 is 0 Å². The molecule has 2 heterocycles. The predicted octanol–water partition coefficient (Wildman–Crippen LogP) is 3.73. The Morgan fingerprint density at radius 2 is 2.12 bits per heavy atom. The zero-order valence-electron chi connectivity index (χ0n) is 15.3. The Bertz CT molecular complexity index is 670. The van der Waals surface area contributed by atoms with E-state index in [2.05, 4.69) is 46.3 Å². The Labute approximate surface area is 178 Å². The van der Waals surface area contributed by atoms with Crippen molar-refractivity contribution < 1.29 is 0 Å². The van der Waals surface area contributed by atoms with Crippen molar-refractivity contribution in [3.63, 3.8) is 0 Å². The molecule has 4 nitrogen and oxygen atoms in total. The van der Waals surface area contributed by atoms with Gasteiger partial charge in [-0.15, -0.1) is 24.0 Å². The fourth-order valence-electron chi connectivity index (χ4n) is 4.04. The summed E-state index contributed by atoms with van der Waals surface area (Å²) in [5.41, 5.74) is 1.34. The molecule has 26 heavy (non-hydrogen) atoms. The molecule has 4 rings (SSSR count). The zero-order valence-corrected chi connectivity index (χ0v) is 18.4. The summed E-state index contributed by atoms with van der Waals surface area (Å²) < 4.78 is 0. The summed E-state index contributed by atoms with van der Waals surface area (Å²) in [6, 6.07) is 9.40. The SMILES string of the molecule is CCN=C(NC1CC1c1cccc(Cl)c1)N1CCC(N2CC=CC2)C1.I. The number of aliphatic imine (C=N–C) groups is 1. The van der Waals surface area contributed by atoms with Crippen LogP contribution in [0, 0.1) is 0 Å². The summed E-state index contributed by atoms with van der Waals surface area (Å²) in [6.45, 7) is 7.32. The van der Waals surface area contributed by atoms with Gasteiger partial charge in [-0.25, -0.2) is 0 Å². The van der Waals surface area contributed by atoms with Crippen molar-refractivity contribution in [2.24, 2.45) is 4.99 Å². The van der Waals surface area contributed by atoms with Gasteiger partial charge in [-0.1, -0.05) is 35.9 Å². The molecule has 0 spiro atoms. The highest BCUT2D eigenvalue weighted by atomic mass is 127. The van der Waals surface area contributed by atoms with Crippen LogP contribution in [0.5, 0.6) is 0 Å². The molecule has 1 aromatic rings. The van der Waals surface area contributed by atoms with Crippen molar-refractivity contribution in [3.8, 4) is 0 Å². The van der Waals surface area contributed by atoms with E-state index >= 15 is 0 Å². The number of guanidine groups is 1. The minimum atomic E-state index is 0. The Kier molecular flexibility index (Phi) is 6.86. The first-order chi connectivity index (χ1) is 12.2. The van der Waals surface area contributed by atoms with Crippen molar-refractivity contribution in [1.82, 2.24) is 15.1 Å². The third kappa shape index (κ3) is 4.54. The van der Waals surface area contributed by atoms with Crippen molar-refractivity contribution in [1.29, 1.82) is 0 Å². The normalized spacial score (nSPS) is 28.3. The van der Waals surface area contributed by atoms with Crippen LogP contribution in [0.2, 0.25) is 5.02 Å². The first-order valence-corrected chi connectivity index (χ1v) is 9.83. The summed E-state index contributed by atoms with van der Waals surface area (Å²) in [5.74, 6) is 1.65.